The largest absolute Gasteiger partial charge is 0.515 e. The first-order chi connectivity index (χ1) is 10.8. The first kappa shape index (κ1) is 16.1. The summed E-state index contributed by atoms with van der Waals surface area (Å²) in [5.74, 6) is -1.08. The number of fused-ring (bicyclic) bond motifs is 2. The summed E-state index contributed by atoms with van der Waals surface area (Å²) in [4.78, 5) is 12.0. The van der Waals surface area contributed by atoms with Crippen LogP contribution in [0.1, 0.15) is 45.6 Å². The number of benzene rings is 1. The second kappa shape index (κ2) is 5.38. The Hall–Kier alpha value is -1.81. The normalized spacial score (nSPS) is 34.7. The topological polar surface area (TPSA) is 55.8 Å². The molecule has 4 nitrogen and oxygen atoms in total. The summed E-state index contributed by atoms with van der Waals surface area (Å²) in [6, 6.07) is 9.52. The molecule has 23 heavy (non-hydrogen) atoms. The highest BCUT2D eigenvalue weighted by Crippen LogP contribution is 2.69. The van der Waals surface area contributed by atoms with Gasteiger partial charge < -0.3 is 14.6 Å². The van der Waals surface area contributed by atoms with Gasteiger partial charge in [-0.25, -0.2) is 4.79 Å². The van der Waals surface area contributed by atoms with E-state index in [1.807, 2.05) is 37.3 Å². The van der Waals surface area contributed by atoms with E-state index in [9.17, 15) is 9.90 Å². The predicted octanol–water partition coefficient (Wildman–Crippen LogP) is 4.35. The first-order valence-corrected chi connectivity index (χ1v) is 8.12. The lowest BCUT2D eigenvalue weighted by Gasteiger charge is -2.43. The zero-order valence-electron chi connectivity index (χ0n) is 13.9. The smallest absolute Gasteiger partial charge is 0.403 e. The van der Waals surface area contributed by atoms with Gasteiger partial charge in [0.05, 0.1) is 6.26 Å². The Morgan fingerprint density at radius 3 is 2.52 bits per heavy atom. The lowest BCUT2D eigenvalue weighted by atomic mass is 9.68. The molecule has 3 unspecified atom stereocenters. The van der Waals surface area contributed by atoms with Crippen LogP contribution in [0.5, 0.6) is 0 Å². The molecule has 1 aromatic carbocycles. The van der Waals surface area contributed by atoms with Crippen LogP contribution in [0.25, 0.3) is 6.08 Å². The van der Waals surface area contributed by atoms with Gasteiger partial charge in [-0.3, -0.25) is 0 Å². The minimum atomic E-state index is -1.45. The van der Waals surface area contributed by atoms with E-state index in [1.54, 1.807) is 6.08 Å². The third-order valence-corrected chi connectivity index (χ3v) is 6.30. The van der Waals surface area contributed by atoms with Crippen molar-refractivity contribution in [2.75, 3.05) is 0 Å². The number of aliphatic hydroxyl groups is 1. The Labute approximate surface area is 137 Å². The number of ether oxygens (including phenoxy) is 2. The monoisotopic (exact) mass is 316 g/mol. The molecule has 0 radical (unpaired) electrons. The minimum absolute atomic E-state index is 0.0537. The van der Waals surface area contributed by atoms with Crippen molar-refractivity contribution in [3.05, 3.63) is 42.2 Å². The fraction of sp³-hybridized carbons (Fsp3) is 0.526. The Balaban J connectivity index is 1.64. The van der Waals surface area contributed by atoms with E-state index in [2.05, 4.69) is 13.8 Å². The highest BCUT2D eigenvalue weighted by atomic mass is 16.8. The summed E-state index contributed by atoms with van der Waals surface area (Å²) in [6.45, 7) is 6.30. The summed E-state index contributed by atoms with van der Waals surface area (Å²) in [5.41, 5.74) is 0.432. The molecule has 0 amide bonds. The van der Waals surface area contributed by atoms with Crippen LogP contribution < -0.4 is 0 Å². The van der Waals surface area contributed by atoms with E-state index < -0.39 is 17.4 Å². The molecule has 2 aliphatic carbocycles. The number of carbonyl (C=O) groups excluding carboxylic acids is 1. The average molecular weight is 316 g/mol. The number of hydrogen-bond donors (Lipinski definition) is 1. The molecule has 2 saturated carbocycles. The average Bonchev–Trinajstić information content (AvgIpc) is 2.80. The molecular formula is C19H24O4. The lowest BCUT2D eigenvalue weighted by Crippen LogP contribution is -2.50. The molecule has 0 heterocycles. The van der Waals surface area contributed by atoms with Gasteiger partial charge >= 0.3 is 6.16 Å². The fourth-order valence-electron chi connectivity index (χ4n) is 4.26. The molecule has 1 N–H and O–H groups in total. The zero-order chi connectivity index (χ0) is 16.7. The van der Waals surface area contributed by atoms with Gasteiger partial charge in [-0.1, -0.05) is 51.1 Å². The lowest BCUT2D eigenvalue weighted by molar-refractivity contribution is -0.246. The molecule has 2 fully saturated rings. The van der Waals surface area contributed by atoms with Crippen LogP contribution in [0.3, 0.4) is 0 Å². The third kappa shape index (κ3) is 2.45. The number of rotatable bonds is 3. The SMILES string of the molecule is CC1(C)C2CCC1(C)C(O)(OC(=O)OC=Cc1ccccc1)C2. The Morgan fingerprint density at radius 1 is 1.26 bits per heavy atom. The van der Waals surface area contributed by atoms with Crippen LogP contribution in [-0.2, 0) is 9.47 Å². The maximum absolute atomic E-state index is 12.0. The van der Waals surface area contributed by atoms with Crippen molar-refractivity contribution in [1.29, 1.82) is 0 Å². The van der Waals surface area contributed by atoms with Gasteiger partial charge in [0.25, 0.3) is 0 Å². The quantitative estimate of drug-likeness (QED) is 0.512. The van der Waals surface area contributed by atoms with Crippen molar-refractivity contribution >= 4 is 12.2 Å². The van der Waals surface area contributed by atoms with Crippen molar-refractivity contribution < 1.29 is 19.4 Å². The molecular weight excluding hydrogens is 292 g/mol. The number of hydrogen-bond acceptors (Lipinski definition) is 4. The summed E-state index contributed by atoms with van der Waals surface area (Å²) < 4.78 is 10.3. The van der Waals surface area contributed by atoms with E-state index in [0.717, 1.165) is 18.4 Å². The van der Waals surface area contributed by atoms with Gasteiger partial charge in [-0.05, 0) is 35.8 Å². The van der Waals surface area contributed by atoms with E-state index in [4.69, 9.17) is 9.47 Å². The van der Waals surface area contributed by atoms with Gasteiger partial charge in [0, 0.05) is 11.8 Å². The third-order valence-electron chi connectivity index (χ3n) is 6.30. The van der Waals surface area contributed by atoms with E-state index >= 15 is 0 Å². The van der Waals surface area contributed by atoms with Crippen LogP contribution >= 0.6 is 0 Å². The zero-order valence-corrected chi connectivity index (χ0v) is 13.9. The van der Waals surface area contributed by atoms with E-state index in [-0.39, 0.29) is 5.41 Å². The van der Waals surface area contributed by atoms with Crippen molar-refractivity contribution in [2.24, 2.45) is 16.7 Å². The van der Waals surface area contributed by atoms with Gasteiger partial charge in [0.2, 0.25) is 5.79 Å². The van der Waals surface area contributed by atoms with Crippen LogP contribution in [-0.4, -0.2) is 17.0 Å². The molecule has 0 saturated heterocycles. The molecule has 3 rings (SSSR count). The van der Waals surface area contributed by atoms with Crippen LogP contribution in [0.2, 0.25) is 0 Å². The molecule has 1 aromatic rings. The van der Waals surface area contributed by atoms with Crippen LogP contribution in [0.15, 0.2) is 36.6 Å². The van der Waals surface area contributed by atoms with Crippen LogP contribution in [0.4, 0.5) is 4.79 Å². The Bertz CT molecular complexity index is 622. The van der Waals surface area contributed by atoms with Gasteiger partial charge in [-0.2, -0.15) is 0 Å². The molecule has 3 atom stereocenters. The van der Waals surface area contributed by atoms with Crippen molar-refractivity contribution in [2.45, 2.75) is 45.8 Å². The van der Waals surface area contributed by atoms with Gasteiger partial charge in [0.15, 0.2) is 0 Å². The summed E-state index contributed by atoms with van der Waals surface area (Å²) >= 11 is 0. The minimum Gasteiger partial charge on any atom is -0.403 e. The standard InChI is InChI=1S/C19H24O4/c1-17(2)15-9-11-18(17,3)19(21,13-15)23-16(20)22-12-10-14-7-5-4-6-8-14/h4-8,10,12,15,21H,9,11,13H2,1-3H3. The highest BCUT2D eigenvalue weighted by molar-refractivity contribution is 5.63. The molecule has 4 heteroatoms. The fourth-order valence-corrected chi connectivity index (χ4v) is 4.26. The molecule has 2 aliphatic rings. The Morgan fingerprint density at radius 2 is 1.96 bits per heavy atom. The van der Waals surface area contributed by atoms with E-state index in [1.165, 1.54) is 6.26 Å². The molecule has 0 spiro atoms. The van der Waals surface area contributed by atoms with Crippen molar-refractivity contribution in [3.63, 3.8) is 0 Å². The first-order valence-electron chi connectivity index (χ1n) is 8.12. The van der Waals surface area contributed by atoms with Crippen molar-refractivity contribution in [1.82, 2.24) is 0 Å². The Kier molecular flexibility index (Phi) is 3.75. The number of carbonyl (C=O) groups is 1. The maximum Gasteiger partial charge on any atom is 0.515 e. The second-order valence-electron chi connectivity index (χ2n) is 7.46. The summed E-state index contributed by atoms with van der Waals surface area (Å²) in [5, 5.41) is 10.9. The molecule has 2 bridgehead atoms. The molecule has 0 aromatic heterocycles. The van der Waals surface area contributed by atoms with Gasteiger partial charge in [-0.15, -0.1) is 0 Å². The van der Waals surface area contributed by atoms with Crippen molar-refractivity contribution in [3.8, 4) is 0 Å². The van der Waals surface area contributed by atoms with Crippen LogP contribution in [0, 0.1) is 16.7 Å². The van der Waals surface area contributed by atoms with Gasteiger partial charge in [0.1, 0.15) is 0 Å². The summed E-state index contributed by atoms with van der Waals surface area (Å²) in [7, 11) is 0. The predicted molar refractivity (Wildman–Crippen MR) is 87.2 cm³/mol. The second-order valence-corrected chi connectivity index (χ2v) is 7.46. The maximum atomic E-state index is 12.0. The highest BCUT2D eigenvalue weighted by Gasteiger charge is 2.71. The summed E-state index contributed by atoms with van der Waals surface area (Å²) in [6.07, 6.45) is 4.52. The molecule has 124 valence electrons. The molecule has 0 aliphatic heterocycles. The van der Waals surface area contributed by atoms with E-state index in [0.29, 0.717) is 12.3 Å².